The maximum Gasteiger partial charge on any atom is 0.0682 e. The average molecular weight is 257 g/mol. The number of hydrogen-bond acceptors (Lipinski definition) is 2. The van der Waals surface area contributed by atoms with Crippen molar-refractivity contribution in [1.82, 2.24) is 4.57 Å². The lowest BCUT2D eigenvalue weighted by molar-refractivity contribution is 0.282. The van der Waals surface area contributed by atoms with Crippen LogP contribution in [0.3, 0.4) is 0 Å². The molecule has 3 aromatic rings. The lowest BCUT2D eigenvalue weighted by atomic mass is 10.2. The summed E-state index contributed by atoms with van der Waals surface area (Å²) < 4.78 is 2.26. The van der Waals surface area contributed by atoms with Crippen LogP contribution in [0.1, 0.15) is 11.1 Å². The largest absolute Gasteiger partial charge is 0.392 e. The fraction of sp³-hybridized carbons (Fsp3) is 0.200. The summed E-state index contributed by atoms with van der Waals surface area (Å²) in [5.41, 5.74) is 3.56. The molecule has 2 heterocycles. The quantitative estimate of drug-likeness (QED) is 0.761. The number of thiophene rings is 1. The van der Waals surface area contributed by atoms with Gasteiger partial charge in [0.25, 0.3) is 0 Å². The van der Waals surface area contributed by atoms with Crippen molar-refractivity contribution in [3.05, 3.63) is 58.4 Å². The predicted molar refractivity (Wildman–Crippen MR) is 75.9 cm³/mol. The molecule has 1 N–H and O–H groups in total. The van der Waals surface area contributed by atoms with Gasteiger partial charge in [0.1, 0.15) is 0 Å². The molecule has 0 amide bonds. The Morgan fingerprint density at radius 2 is 2.06 bits per heavy atom. The summed E-state index contributed by atoms with van der Waals surface area (Å²) in [5.74, 6) is 0. The molecular formula is C15H15NOS. The van der Waals surface area contributed by atoms with Gasteiger partial charge in [0, 0.05) is 18.3 Å². The van der Waals surface area contributed by atoms with Gasteiger partial charge < -0.3 is 9.67 Å². The molecule has 0 unspecified atom stereocenters. The van der Waals surface area contributed by atoms with E-state index in [-0.39, 0.29) is 6.61 Å². The molecule has 2 nitrogen and oxygen atoms in total. The SMILES string of the molecule is OCc1ccc2ccn(CCc3ccsc3)c2c1. The lowest BCUT2D eigenvalue weighted by Crippen LogP contribution is -1.99. The third-order valence-electron chi connectivity index (χ3n) is 3.24. The number of aliphatic hydroxyl groups excluding tert-OH is 1. The van der Waals surface area contributed by atoms with Crippen LogP contribution in [0.5, 0.6) is 0 Å². The highest BCUT2D eigenvalue weighted by atomic mass is 32.1. The molecule has 0 spiro atoms. The minimum absolute atomic E-state index is 0.103. The van der Waals surface area contributed by atoms with Gasteiger partial charge in [-0.3, -0.25) is 0 Å². The summed E-state index contributed by atoms with van der Waals surface area (Å²) >= 11 is 1.74. The lowest BCUT2D eigenvalue weighted by Gasteiger charge is -2.05. The molecule has 0 bridgehead atoms. The van der Waals surface area contributed by atoms with Gasteiger partial charge in [-0.2, -0.15) is 11.3 Å². The van der Waals surface area contributed by atoms with Crippen molar-refractivity contribution in [2.75, 3.05) is 0 Å². The van der Waals surface area contributed by atoms with Crippen molar-refractivity contribution in [2.45, 2.75) is 19.6 Å². The maximum absolute atomic E-state index is 9.20. The number of hydrogen-bond donors (Lipinski definition) is 1. The highest BCUT2D eigenvalue weighted by molar-refractivity contribution is 7.07. The molecule has 0 saturated heterocycles. The smallest absolute Gasteiger partial charge is 0.0682 e. The Bertz CT molecular complexity index is 640. The second-order valence-electron chi connectivity index (χ2n) is 4.44. The van der Waals surface area contributed by atoms with Crippen LogP contribution in [-0.4, -0.2) is 9.67 Å². The summed E-state index contributed by atoms with van der Waals surface area (Å²) in [5, 5.41) is 14.7. The van der Waals surface area contributed by atoms with E-state index in [9.17, 15) is 5.11 Å². The Kier molecular flexibility index (Phi) is 3.17. The molecule has 0 aliphatic rings. The van der Waals surface area contributed by atoms with Gasteiger partial charge in [-0.25, -0.2) is 0 Å². The van der Waals surface area contributed by atoms with E-state index in [2.05, 4.69) is 45.8 Å². The van der Waals surface area contributed by atoms with Crippen LogP contribution < -0.4 is 0 Å². The maximum atomic E-state index is 9.20. The topological polar surface area (TPSA) is 25.2 Å². The van der Waals surface area contributed by atoms with E-state index in [0.29, 0.717) is 0 Å². The van der Waals surface area contributed by atoms with Gasteiger partial charge in [0.05, 0.1) is 6.61 Å². The predicted octanol–water partition coefficient (Wildman–Crippen LogP) is 3.44. The standard InChI is InChI=1S/C15H15NOS/c17-10-13-1-2-14-4-7-16(15(14)9-13)6-3-12-5-8-18-11-12/h1-2,4-5,7-9,11,17H,3,6,10H2. The third-order valence-corrected chi connectivity index (χ3v) is 3.97. The molecule has 18 heavy (non-hydrogen) atoms. The Balaban J connectivity index is 1.87. The molecule has 0 saturated carbocycles. The average Bonchev–Trinajstić information content (AvgIpc) is 3.05. The van der Waals surface area contributed by atoms with Crippen LogP contribution in [0.25, 0.3) is 10.9 Å². The molecule has 0 aliphatic heterocycles. The number of benzene rings is 1. The fourth-order valence-electron chi connectivity index (χ4n) is 2.21. The molecule has 0 aliphatic carbocycles. The first kappa shape index (κ1) is 11.5. The molecular weight excluding hydrogens is 242 g/mol. The zero-order valence-corrected chi connectivity index (χ0v) is 10.9. The summed E-state index contributed by atoms with van der Waals surface area (Å²) in [6, 6.07) is 10.4. The Morgan fingerprint density at radius 1 is 1.11 bits per heavy atom. The molecule has 3 rings (SSSR count). The molecule has 1 aromatic carbocycles. The first-order valence-electron chi connectivity index (χ1n) is 6.06. The number of aromatic nitrogens is 1. The van der Waals surface area contributed by atoms with Crippen molar-refractivity contribution in [2.24, 2.45) is 0 Å². The van der Waals surface area contributed by atoms with Crippen LogP contribution in [0, 0.1) is 0 Å². The number of aryl methyl sites for hydroxylation is 2. The summed E-state index contributed by atoms with van der Waals surface area (Å²) in [4.78, 5) is 0. The first-order valence-corrected chi connectivity index (χ1v) is 7.01. The molecule has 3 heteroatoms. The highest BCUT2D eigenvalue weighted by Gasteiger charge is 2.02. The minimum atomic E-state index is 0.103. The summed E-state index contributed by atoms with van der Waals surface area (Å²) in [6.07, 6.45) is 3.18. The molecule has 2 aromatic heterocycles. The van der Waals surface area contributed by atoms with E-state index < -0.39 is 0 Å². The third kappa shape index (κ3) is 2.19. The van der Waals surface area contributed by atoms with E-state index in [1.165, 1.54) is 16.5 Å². The van der Waals surface area contributed by atoms with Crippen LogP contribution in [0.4, 0.5) is 0 Å². The summed E-state index contributed by atoms with van der Waals surface area (Å²) in [7, 11) is 0. The normalized spacial score (nSPS) is 11.2. The van der Waals surface area contributed by atoms with Crippen LogP contribution in [0.2, 0.25) is 0 Å². The van der Waals surface area contributed by atoms with E-state index in [0.717, 1.165) is 18.5 Å². The second-order valence-corrected chi connectivity index (χ2v) is 5.22. The van der Waals surface area contributed by atoms with Crippen LogP contribution >= 0.6 is 11.3 Å². The second kappa shape index (κ2) is 4.96. The monoisotopic (exact) mass is 257 g/mol. The van der Waals surface area contributed by atoms with Gasteiger partial charge >= 0.3 is 0 Å². The summed E-state index contributed by atoms with van der Waals surface area (Å²) in [6.45, 7) is 1.08. The Hall–Kier alpha value is -1.58. The van der Waals surface area contributed by atoms with E-state index in [4.69, 9.17) is 0 Å². The van der Waals surface area contributed by atoms with Crippen molar-refractivity contribution >= 4 is 22.2 Å². The van der Waals surface area contributed by atoms with Gasteiger partial charge in [-0.15, -0.1) is 0 Å². The minimum Gasteiger partial charge on any atom is -0.392 e. The first-order chi connectivity index (χ1) is 8.86. The number of rotatable bonds is 4. The Labute approximate surface area is 110 Å². The number of aliphatic hydroxyl groups is 1. The van der Waals surface area contributed by atoms with Crippen molar-refractivity contribution in [3.63, 3.8) is 0 Å². The zero-order chi connectivity index (χ0) is 12.4. The van der Waals surface area contributed by atoms with E-state index in [1.54, 1.807) is 11.3 Å². The van der Waals surface area contributed by atoms with Gasteiger partial charge in [0.2, 0.25) is 0 Å². The Morgan fingerprint density at radius 3 is 2.83 bits per heavy atom. The van der Waals surface area contributed by atoms with E-state index in [1.807, 2.05) is 6.07 Å². The van der Waals surface area contributed by atoms with Gasteiger partial charge in [0.15, 0.2) is 0 Å². The van der Waals surface area contributed by atoms with Crippen LogP contribution in [0.15, 0.2) is 47.3 Å². The highest BCUT2D eigenvalue weighted by Crippen LogP contribution is 2.19. The van der Waals surface area contributed by atoms with Crippen molar-refractivity contribution < 1.29 is 5.11 Å². The van der Waals surface area contributed by atoms with Gasteiger partial charge in [-0.1, -0.05) is 12.1 Å². The van der Waals surface area contributed by atoms with Gasteiger partial charge in [-0.05, 0) is 51.9 Å². The van der Waals surface area contributed by atoms with Crippen molar-refractivity contribution in [1.29, 1.82) is 0 Å². The molecule has 92 valence electrons. The van der Waals surface area contributed by atoms with Crippen LogP contribution in [-0.2, 0) is 19.6 Å². The molecule has 0 atom stereocenters. The fourth-order valence-corrected chi connectivity index (χ4v) is 2.91. The molecule has 0 fully saturated rings. The number of nitrogens with zero attached hydrogens (tertiary/aromatic N) is 1. The van der Waals surface area contributed by atoms with Crippen molar-refractivity contribution in [3.8, 4) is 0 Å². The zero-order valence-electron chi connectivity index (χ0n) is 10.0. The van der Waals surface area contributed by atoms with E-state index >= 15 is 0 Å². The number of fused-ring (bicyclic) bond motifs is 1. The molecule has 0 radical (unpaired) electrons.